The zero-order valence-electron chi connectivity index (χ0n) is 13.7. The van der Waals surface area contributed by atoms with Gasteiger partial charge in [0.15, 0.2) is 0 Å². The second kappa shape index (κ2) is 5.54. The van der Waals surface area contributed by atoms with Crippen molar-refractivity contribution < 1.29 is 0 Å². The highest BCUT2D eigenvalue weighted by atomic mass is 15.1. The number of anilines is 1. The summed E-state index contributed by atoms with van der Waals surface area (Å²) in [5.41, 5.74) is 10.2. The van der Waals surface area contributed by atoms with E-state index in [1.165, 1.54) is 16.8 Å². The maximum Gasteiger partial charge on any atom is 0.0396 e. The fourth-order valence-corrected chi connectivity index (χ4v) is 2.28. The van der Waals surface area contributed by atoms with Crippen LogP contribution in [0.4, 0.5) is 5.69 Å². The number of rotatable bonds is 4. The number of hydrogen-bond acceptors (Lipinski definition) is 2. The van der Waals surface area contributed by atoms with Gasteiger partial charge in [-0.1, -0.05) is 46.8 Å². The third-order valence-electron chi connectivity index (χ3n) is 3.70. The van der Waals surface area contributed by atoms with Gasteiger partial charge in [0.2, 0.25) is 0 Å². The number of nitrogens with two attached hydrogens (primary N) is 1. The summed E-state index contributed by atoms with van der Waals surface area (Å²) >= 11 is 0. The minimum absolute atomic E-state index is 0.138. The molecule has 0 atom stereocenters. The van der Waals surface area contributed by atoms with E-state index in [4.69, 9.17) is 5.73 Å². The van der Waals surface area contributed by atoms with E-state index in [0.29, 0.717) is 6.54 Å². The maximum absolute atomic E-state index is 5.84. The molecular weight excluding hydrogens is 232 g/mol. The summed E-state index contributed by atoms with van der Waals surface area (Å²) < 4.78 is 0. The Morgan fingerprint density at radius 1 is 1.11 bits per heavy atom. The Labute approximate surface area is 119 Å². The van der Waals surface area contributed by atoms with E-state index < -0.39 is 0 Å². The average molecular weight is 262 g/mol. The van der Waals surface area contributed by atoms with E-state index in [1.807, 2.05) is 0 Å². The van der Waals surface area contributed by atoms with Crippen LogP contribution in [0, 0.1) is 12.3 Å². The van der Waals surface area contributed by atoms with Crippen molar-refractivity contribution in [3.8, 4) is 0 Å². The van der Waals surface area contributed by atoms with E-state index in [-0.39, 0.29) is 10.8 Å². The van der Waals surface area contributed by atoms with E-state index >= 15 is 0 Å². The predicted molar refractivity (Wildman–Crippen MR) is 86.0 cm³/mol. The van der Waals surface area contributed by atoms with Gasteiger partial charge in [0.05, 0.1) is 0 Å². The Morgan fingerprint density at radius 3 is 2.16 bits per heavy atom. The van der Waals surface area contributed by atoms with Crippen LogP contribution in [0.15, 0.2) is 18.2 Å². The van der Waals surface area contributed by atoms with Crippen molar-refractivity contribution in [2.45, 2.75) is 47.0 Å². The molecule has 0 saturated heterocycles. The van der Waals surface area contributed by atoms with Gasteiger partial charge in [-0.05, 0) is 41.5 Å². The summed E-state index contributed by atoms with van der Waals surface area (Å²) in [6.07, 6.45) is 0. The topological polar surface area (TPSA) is 29.3 Å². The molecule has 0 unspecified atom stereocenters. The molecule has 0 aliphatic rings. The van der Waals surface area contributed by atoms with E-state index in [1.54, 1.807) is 0 Å². The summed E-state index contributed by atoms with van der Waals surface area (Å²) in [5, 5.41) is 0. The van der Waals surface area contributed by atoms with Crippen molar-refractivity contribution in [3.05, 3.63) is 29.3 Å². The van der Waals surface area contributed by atoms with E-state index in [2.05, 4.69) is 71.7 Å². The molecule has 1 aromatic carbocycles. The van der Waals surface area contributed by atoms with Gasteiger partial charge in [-0.25, -0.2) is 0 Å². The number of hydrogen-bond donors (Lipinski definition) is 1. The van der Waals surface area contributed by atoms with Gasteiger partial charge in [-0.15, -0.1) is 0 Å². The molecule has 2 N–H and O–H groups in total. The maximum atomic E-state index is 5.84. The fraction of sp³-hybridized carbons (Fsp3) is 0.647. The second-order valence-electron chi connectivity index (χ2n) is 7.48. The van der Waals surface area contributed by atoms with Gasteiger partial charge in [0, 0.05) is 19.3 Å². The van der Waals surface area contributed by atoms with Crippen LogP contribution in [0.3, 0.4) is 0 Å². The van der Waals surface area contributed by atoms with Crippen LogP contribution < -0.4 is 10.6 Å². The standard InChI is InChI=1S/C17H30N2/c1-13-8-9-14(16(2,3)4)10-15(13)19(7)12-17(5,6)11-18/h8-10H,11-12,18H2,1-7H3. The lowest BCUT2D eigenvalue weighted by molar-refractivity contribution is 0.385. The largest absolute Gasteiger partial charge is 0.374 e. The van der Waals surface area contributed by atoms with Crippen molar-refractivity contribution in [3.63, 3.8) is 0 Å². The normalized spacial score (nSPS) is 12.6. The van der Waals surface area contributed by atoms with Gasteiger partial charge < -0.3 is 10.6 Å². The van der Waals surface area contributed by atoms with Crippen LogP contribution in [0.1, 0.15) is 45.7 Å². The van der Waals surface area contributed by atoms with Crippen LogP contribution in [-0.2, 0) is 5.41 Å². The second-order valence-corrected chi connectivity index (χ2v) is 7.48. The molecule has 0 aliphatic heterocycles. The summed E-state index contributed by atoms with van der Waals surface area (Å²) in [4.78, 5) is 2.33. The highest BCUT2D eigenvalue weighted by molar-refractivity contribution is 5.55. The van der Waals surface area contributed by atoms with Gasteiger partial charge in [-0.2, -0.15) is 0 Å². The monoisotopic (exact) mass is 262 g/mol. The van der Waals surface area contributed by atoms with Gasteiger partial charge >= 0.3 is 0 Å². The Kier molecular flexibility index (Phi) is 4.67. The van der Waals surface area contributed by atoms with E-state index in [9.17, 15) is 0 Å². The van der Waals surface area contributed by atoms with Crippen LogP contribution >= 0.6 is 0 Å². The van der Waals surface area contributed by atoms with Crippen LogP contribution in [0.5, 0.6) is 0 Å². The Morgan fingerprint density at radius 2 is 1.68 bits per heavy atom. The van der Waals surface area contributed by atoms with Crippen LogP contribution in [0.25, 0.3) is 0 Å². The lowest BCUT2D eigenvalue weighted by Gasteiger charge is -2.32. The SMILES string of the molecule is Cc1ccc(C(C)(C)C)cc1N(C)CC(C)(C)CN. The van der Waals surface area contributed by atoms with Crippen LogP contribution in [-0.4, -0.2) is 20.1 Å². The highest BCUT2D eigenvalue weighted by Crippen LogP contribution is 2.29. The Balaban J connectivity index is 3.06. The van der Waals surface area contributed by atoms with Gasteiger partial charge in [0.1, 0.15) is 0 Å². The average Bonchev–Trinajstić information content (AvgIpc) is 2.27. The molecule has 2 nitrogen and oxygen atoms in total. The summed E-state index contributed by atoms with van der Waals surface area (Å²) in [6.45, 7) is 15.0. The zero-order chi connectivity index (χ0) is 14.8. The summed E-state index contributed by atoms with van der Waals surface area (Å²) in [6, 6.07) is 6.78. The van der Waals surface area contributed by atoms with Gasteiger partial charge in [-0.3, -0.25) is 0 Å². The number of nitrogens with zero attached hydrogens (tertiary/aromatic N) is 1. The van der Waals surface area contributed by atoms with Crippen molar-refractivity contribution in [1.82, 2.24) is 0 Å². The van der Waals surface area contributed by atoms with Crippen molar-refractivity contribution in [2.24, 2.45) is 11.1 Å². The highest BCUT2D eigenvalue weighted by Gasteiger charge is 2.21. The first-order chi connectivity index (χ1) is 8.57. The van der Waals surface area contributed by atoms with Crippen molar-refractivity contribution in [2.75, 3.05) is 25.0 Å². The molecule has 0 bridgehead atoms. The van der Waals surface area contributed by atoms with Crippen molar-refractivity contribution >= 4 is 5.69 Å². The molecular formula is C17H30N2. The number of benzene rings is 1. The Hall–Kier alpha value is -1.02. The summed E-state index contributed by atoms with van der Waals surface area (Å²) in [5.74, 6) is 0. The predicted octanol–water partition coefficient (Wildman–Crippen LogP) is 3.71. The van der Waals surface area contributed by atoms with Crippen LogP contribution in [0.2, 0.25) is 0 Å². The van der Waals surface area contributed by atoms with Crippen molar-refractivity contribution in [1.29, 1.82) is 0 Å². The molecule has 0 aliphatic carbocycles. The summed E-state index contributed by atoms with van der Waals surface area (Å²) in [7, 11) is 2.16. The molecule has 2 heteroatoms. The molecule has 108 valence electrons. The molecule has 0 saturated carbocycles. The molecule has 0 radical (unpaired) electrons. The minimum Gasteiger partial charge on any atom is -0.374 e. The molecule has 0 amide bonds. The minimum atomic E-state index is 0.138. The van der Waals surface area contributed by atoms with E-state index in [0.717, 1.165) is 6.54 Å². The fourth-order valence-electron chi connectivity index (χ4n) is 2.28. The first-order valence-electron chi connectivity index (χ1n) is 7.09. The first kappa shape index (κ1) is 16.0. The lowest BCUT2D eigenvalue weighted by Crippen LogP contribution is -2.37. The lowest BCUT2D eigenvalue weighted by atomic mass is 9.86. The first-order valence-corrected chi connectivity index (χ1v) is 7.09. The Bertz CT molecular complexity index is 427. The quantitative estimate of drug-likeness (QED) is 0.896. The number of aryl methyl sites for hydroxylation is 1. The molecule has 0 aromatic heterocycles. The third kappa shape index (κ3) is 4.24. The smallest absolute Gasteiger partial charge is 0.0396 e. The molecule has 0 spiro atoms. The molecule has 0 fully saturated rings. The third-order valence-corrected chi connectivity index (χ3v) is 3.70. The molecule has 1 rings (SSSR count). The van der Waals surface area contributed by atoms with Gasteiger partial charge in [0.25, 0.3) is 0 Å². The molecule has 1 aromatic rings. The zero-order valence-corrected chi connectivity index (χ0v) is 13.7. The molecule has 19 heavy (non-hydrogen) atoms. The molecule has 0 heterocycles.